The van der Waals surface area contributed by atoms with Crippen LogP contribution in [-0.4, -0.2) is 46.2 Å². The van der Waals surface area contributed by atoms with E-state index in [1.165, 1.54) is 4.90 Å². The summed E-state index contributed by atoms with van der Waals surface area (Å²) >= 11 is 0. The average molecular weight is 426 g/mol. The van der Waals surface area contributed by atoms with E-state index in [1.807, 2.05) is 6.07 Å². The molecule has 0 fully saturated rings. The first-order chi connectivity index (χ1) is 14.9. The monoisotopic (exact) mass is 426 g/mol. The van der Waals surface area contributed by atoms with E-state index in [-0.39, 0.29) is 25.9 Å². The van der Waals surface area contributed by atoms with E-state index in [4.69, 9.17) is 4.74 Å². The highest BCUT2D eigenvalue weighted by atomic mass is 16.5. The van der Waals surface area contributed by atoms with Crippen LogP contribution in [0.1, 0.15) is 24.0 Å². The van der Waals surface area contributed by atoms with Crippen LogP contribution in [0.3, 0.4) is 0 Å². The molecule has 1 aliphatic rings. The van der Waals surface area contributed by atoms with Crippen LogP contribution in [0.2, 0.25) is 0 Å². The van der Waals surface area contributed by atoms with Gasteiger partial charge in [0, 0.05) is 18.5 Å². The van der Waals surface area contributed by atoms with E-state index in [2.05, 4.69) is 5.32 Å². The first-order valence-corrected chi connectivity index (χ1v) is 9.69. The number of alkyl carbamates (subject to hydrolysis) is 1. The second-order valence-corrected chi connectivity index (χ2v) is 7.09. The second-order valence-electron chi connectivity index (χ2n) is 7.09. The van der Waals surface area contributed by atoms with E-state index in [9.17, 15) is 29.4 Å². The van der Waals surface area contributed by atoms with Crippen molar-refractivity contribution in [1.82, 2.24) is 5.32 Å². The number of anilines is 1. The van der Waals surface area contributed by atoms with Crippen molar-refractivity contribution in [2.45, 2.75) is 38.0 Å². The molecule has 0 saturated heterocycles. The second kappa shape index (κ2) is 9.75. The number of carbonyl (C=O) groups is 4. The van der Waals surface area contributed by atoms with Gasteiger partial charge < -0.3 is 20.3 Å². The summed E-state index contributed by atoms with van der Waals surface area (Å²) in [6.07, 6.45) is -1.20. The molecule has 2 aromatic rings. The molecule has 1 aliphatic heterocycles. The zero-order valence-corrected chi connectivity index (χ0v) is 16.6. The average Bonchev–Trinajstić information content (AvgIpc) is 3.15. The van der Waals surface area contributed by atoms with Gasteiger partial charge >= 0.3 is 18.0 Å². The minimum Gasteiger partial charge on any atom is -0.480 e. The van der Waals surface area contributed by atoms with Gasteiger partial charge in [0.15, 0.2) is 0 Å². The van der Waals surface area contributed by atoms with E-state index in [0.29, 0.717) is 5.69 Å². The van der Waals surface area contributed by atoms with Crippen molar-refractivity contribution in [3.63, 3.8) is 0 Å². The maximum Gasteiger partial charge on any atom is 0.408 e. The number of carboxylic acid groups (broad SMARTS) is 2. The Morgan fingerprint density at radius 2 is 1.71 bits per heavy atom. The lowest BCUT2D eigenvalue weighted by Gasteiger charge is -2.23. The molecule has 0 aliphatic carbocycles. The molecule has 0 saturated carbocycles. The molecule has 0 unspecified atom stereocenters. The number of fused-ring (bicyclic) bond motifs is 1. The van der Waals surface area contributed by atoms with Gasteiger partial charge in [-0.2, -0.15) is 0 Å². The van der Waals surface area contributed by atoms with Gasteiger partial charge in [-0.1, -0.05) is 48.5 Å². The summed E-state index contributed by atoms with van der Waals surface area (Å²) in [5.74, 6) is -2.98. The van der Waals surface area contributed by atoms with Gasteiger partial charge in [0.2, 0.25) is 5.91 Å². The van der Waals surface area contributed by atoms with Crippen LogP contribution < -0.4 is 10.2 Å². The van der Waals surface area contributed by atoms with Crippen LogP contribution in [0.15, 0.2) is 54.6 Å². The van der Waals surface area contributed by atoms with E-state index in [0.717, 1.165) is 11.1 Å². The molecule has 2 aromatic carbocycles. The Hall–Kier alpha value is -3.88. The maximum absolute atomic E-state index is 12.8. The van der Waals surface area contributed by atoms with E-state index in [1.54, 1.807) is 48.5 Å². The zero-order chi connectivity index (χ0) is 22.4. The standard InChI is InChI=1S/C22H22N2O7/c25-19(24-17-9-5-4-8-15(17)12-18(24)21(28)29)11-10-16(20(26)27)23-22(30)31-13-14-6-2-1-3-7-14/h1-9,16,18H,10-13H2,(H,23,30)(H,26,27)(H,28,29)/t16-,18+/m1/s1. The highest BCUT2D eigenvalue weighted by Gasteiger charge is 2.38. The van der Waals surface area contributed by atoms with Gasteiger partial charge in [-0.15, -0.1) is 0 Å². The Morgan fingerprint density at radius 1 is 1.03 bits per heavy atom. The maximum atomic E-state index is 12.8. The summed E-state index contributed by atoms with van der Waals surface area (Å²) in [6, 6.07) is 13.4. The van der Waals surface area contributed by atoms with Gasteiger partial charge in [0.1, 0.15) is 18.7 Å². The van der Waals surface area contributed by atoms with Crippen LogP contribution in [0, 0.1) is 0 Å². The molecule has 3 N–H and O–H groups in total. The third-order valence-electron chi connectivity index (χ3n) is 4.98. The molecule has 1 heterocycles. The Bertz CT molecular complexity index is 977. The van der Waals surface area contributed by atoms with Crippen LogP contribution in [-0.2, 0) is 32.1 Å². The van der Waals surface area contributed by atoms with Crippen LogP contribution >= 0.6 is 0 Å². The highest BCUT2D eigenvalue weighted by molar-refractivity contribution is 6.02. The van der Waals surface area contributed by atoms with Gasteiger partial charge in [-0.05, 0) is 23.6 Å². The third-order valence-corrected chi connectivity index (χ3v) is 4.98. The highest BCUT2D eigenvalue weighted by Crippen LogP contribution is 2.32. The summed E-state index contributed by atoms with van der Waals surface area (Å²) in [4.78, 5) is 49.1. The van der Waals surface area contributed by atoms with Crippen molar-refractivity contribution >= 4 is 29.6 Å². The fraction of sp³-hybridized carbons (Fsp3) is 0.273. The molecule has 3 rings (SSSR count). The number of rotatable bonds is 8. The predicted octanol–water partition coefficient (Wildman–Crippen LogP) is 2.19. The Kier molecular flexibility index (Phi) is 6.86. The van der Waals surface area contributed by atoms with Crippen molar-refractivity contribution in [2.75, 3.05) is 4.90 Å². The van der Waals surface area contributed by atoms with E-state index >= 15 is 0 Å². The number of nitrogens with one attached hydrogen (secondary N) is 1. The summed E-state index contributed by atoms with van der Waals surface area (Å²) in [6.45, 7) is -0.0250. The molecular formula is C22H22N2O7. The molecule has 9 nitrogen and oxygen atoms in total. The summed E-state index contributed by atoms with van der Waals surface area (Å²) < 4.78 is 5.02. The summed E-state index contributed by atoms with van der Waals surface area (Å²) in [7, 11) is 0. The number of para-hydroxylation sites is 1. The molecule has 9 heteroatoms. The molecule has 0 radical (unpaired) electrons. The fourth-order valence-electron chi connectivity index (χ4n) is 3.44. The lowest BCUT2D eigenvalue weighted by Crippen LogP contribution is -2.45. The molecule has 0 aromatic heterocycles. The molecule has 0 spiro atoms. The van der Waals surface area contributed by atoms with Crippen molar-refractivity contribution in [3.8, 4) is 0 Å². The lowest BCUT2D eigenvalue weighted by atomic mass is 10.1. The zero-order valence-electron chi connectivity index (χ0n) is 16.6. The molecule has 2 atom stereocenters. The summed E-state index contributed by atoms with van der Waals surface area (Å²) in [5, 5.41) is 21.1. The van der Waals surface area contributed by atoms with Gasteiger partial charge in [-0.3, -0.25) is 9.69 Å². The van der Waals surface area contributed by atoms with Crippen LogP contribution in [0.5, 0.6) is 0 Å². The normalized spacial score (nSPS) is 15.6. The number of carboxylic acids is 2. The van der Waals surface area contributed by atoms with Crippen molar-refractivity contribution in [2.24, 2.45) is 0 Å². The molecule has 0 bridgehead atoms. The van der Waals surface area contributed by atoms with E-state index < -0.39 is 36.0 Å². The molecule has 162 valence electrons. The Labute approximate surface area is 178 Å². The quantitative estimate of drug-likeness (QED) is 0.589. The number of hydrogen-bond acceptors (Lipinski definition) is 5. The van der Waals surface area contributed by atoms with Gasteiger partial charge in [-0.25, -0.2) is 14.4 Å². The van der Waals surface area contributed by atoms with Crippen molar-refractivity contribution in [1.29, 1.82) is 0 Å². The van der Waals surface area contributed by atoms with Crippen molar-refractivity contribution < 1.29 is 34.1 Å². The first-order valence-electron chi connectivity index (χ1n) is 9.69. The lowest BCUT2D eigenvalue weighted by molar-refractivity contribution is -0.141. The number of carbonyl (C=O) groups excluding carboxylic acids is 2. The molecule has 2 amide bonds. The molecular weight excluding hydrogens is 404 g/mol. The largest absolute Gasteiger partial charge is 0.480 e. The number of aliphatic carboxylic acids is 2. The van der Waals surface area contributed by atoms with Crippen molar-refractivity contribution in [3.05, 3.63) is 65.7 Å². The minimum absolute atomic E-state index is 0.0250. The molecule has 31 heavy (non-hydrogen) atoms. The SMILES string of the molecule is O=C(N[C@H](CCC(=O)N1c2ccccc2C[C@H]1C(=O)O)C(=O)O)OCc1ccccc1. The van der Waals surface area contributed by atoms with Crippen LogP contribution in [0.25, 0.3) is 0 Å². The first kappa shape index (κ1) is 21.8. The van der Waals surface area contributed by atoms with Gasteiger partial charge in [0.05, 0.1) is 0 Å². The number of ether oxygens (including phenoxy) is 1. The topological polar surface area (TPSA) is 133 Å². The Morgan fingerprint density at radius 3 is 2.39 bits per heavy atom. The van der Waals surface area contributed by atoms with Crippen LogP contribution in [0.4, 0.5) is 10.5 Å². The number of amides is 2. The van der Waals surface area contributed by atoms with Gasteiger partial charge in [0.25, 0.3) is 0 Å². The number of nitrogens with zero attached hydrogens (tertiary/aromatic N) is 1. The number of benzene rings is 2. The Balaban J connectivity index is 1.59. The fourth-order valence-corrected chi connectivity index (χ4v) is 3.44. The third kappa shape index (κ3) is 5.39. The summed E-state index contributed by atoms with van der Waals surface area (Å²) in [5.41, 5.74) is 1.98. The number of hydrogen-bond donors (Lipinski definition) is 3. The smallest absolute Gasteiger partial charge is 0.408 e. The predicted molar refractivity (Wildman–Crippen MR) is 109 cm³/mol. The minimum atomic E-state index is -1.35.